The van der Waals surface area contributed by atoms with E-state index in [2.05, 4.69) is 36.9 Å². The smallest absolute Gasteiger partial charge is 0.407 e. The number of rotatable bonds is 6. The summed E-state index contributed by atoms with van der Waals surface area (Å²) in [5, 5.41) is 9.62. The minimum atomic E-state index is -2.87. The van der Waals surface area contributed by atoms with Gasteiger partial charge in [0.25, 0.3) is 0 Å². The fourth-order valence-electron chi connectivity index (χ4n) is 3.53. The van der Waals surface area contributed by atoms with E-state index in [-0.39, 0.29) is 11.8 Å². The van der Waals surface area contributed by atoms with E-state index in [0.29, 0.717) is 25.9 Å². The SMILES string of the molecule is CCc1nc(I)c2n1CCN(C(=O)O)C2CCc1cccc(OC(F)F)c1. The molecular formula is C18H20F2IN3O3. The number of ether oxygens (including phenoxy) is 1. The van der Waals surface area contributed by atoms with E-state index < -0.39 is 12.7 Å². The van der Waals surface area contributed by atoms with Gasteiger partial charge in [-0.1, -0.05) is 19.1 Å². The highest BCUT2D eigenvalue weighted by atomic mass is 127. The number of fused-ring (bicyclic) bond motifs is 1. The topological polar surface area (TPSA) is 67.6 Å². The summed E-state index contributed by atoms with van der Waals surface area (Å²) >= 11 is 2.15. The lowest BCUT2D eigenvalue weighted by molar-refractivity contribution is -0.0498. The monoisotopic (exact) mass is 491 g/mol. The first kappa shape index (κ1) is 19.8. The summed E-state index contributed by atoms with van der Waals surface area (Å²) in [7, 11) is 0. The molecule has 0 spiro atoms. The van der Waals surface area contributed by atoms with E-state index in [1.807, 2.05) is 13.0 Å². The molecule has 0 radical (unpaired) electrons. The molecule has 2 heterocycles. The molecule has 1 aliphatic rings. The molecule has 0 saturated heterocycles. The number of aromatic nitrogens is 2. The van der Waals surface area contributed by atoms with E-state index in [1.165, 1.54) is 11.0 Å². The van der Waals surface area contributed by atoms with Crippen LogP contribution in [0.3, 0.4) is 0 Å². The molecule has 27 heavy (non-hydrogen) atoms. The Morgan fingerprint density at radius 1 is 1.44 bits per heavy atom. The number of alkyl halides is 2. The minimum Gasteiger partial charge on any atom is -0.465 e. The van der Waals surface area contributed by atoms with Crippen LogP contribution < -0.4 is 4.74 Å². The first-order valence-electron chi connectivity index (χ1n) is 8.68. The van der Waals surface area contributed by atoms with Gasteiger partial charge in [-0.3, -0.25) is 4.90 Å². The summed E-state index contributed by atoms with van der Waals surface area (Å²) < 4.78 is 32.2. The lowest BCUT2D eigenvalue weighted by atomic mass is 10.0. The maximum Gasteiger partial charge on any atom is 0.407 e. The van der Waals surface area contributed by atoms with Gasteiger partial charge in [0.1, 0.15) is 15.3 Å². The van der Waals surface area contributed by atoms with Gasteiger partial charge in [-0.15, -0.1) is 0 Å². The van der Waals surface area contributed by atoms with Gasteiger partial charge in [0, 0.05) is 19.5 Å². The molecule has 2 aromatic rings. The van der Waals surface area contributed by atoms with Gasteiger partial charge in [-0.25, -0.2) is 9.78 Å². The van der Waals surface area contributed by atoms with E-state index >= 15 is 0 Å². The maximum absolute atomic E-state index is 12.4. The van der Waals surface area contributed by atoms with Gasteiger partial charge < -0.3 is 14.4 Å². The van der Waals surface area contributed by atoms with Crippen molar-refractivity contribution in [3.05, 3.63) is 45.0 Å². The molecule has 1 amide bonds. The average Bonchev–Trinajstić information content (AvgIpc) is 2.95. The number of amides is 1. The van der Waals surface area contributed by atoms with E-state index in [4.69, 9.17) is 0 Å². The molecule has 1 N–H and O–H groups in total. The highest BCUT2D eigenvalue weighted by Crippen LogP contribution is 2.34. The van der Waals surface area contributed by atoms with Crippen molar-refractivity contribution in [2.45, 2.75) is 45.4 Å². The van der Waals surface area contributed by atoms with Crippen LogP contribution in [0.2, 0.25) is 0 Å². The standard InChI is InChI=1S/C18H20F2IN3O3/c1-2-14-22-16(21)15-13(23(18(25)26)8-9-24(14)15)7-6-11-4-3-5-12(10-11)27-17(19)20/h3-5,10,13,17H,2,6-9H2,1H3,(H,25,26). The normalized spacial score (nSPS) is 16.5. The molecule has 1 aromatic carbocycles. The van der Waals surface area contributed by atoms with Gasteiger partial charge in [-0.2, -0.15) is 8.78 Å². The highest BCUT2D eigenvalue weighted by Gasteiger charge is 2.34. The van der Waals surface area contributed by atoms with Crippen molar-refractivity contribution in [3.8, 4) is 5.75 Å². The van der Waals surface area contributed by atoms with Crippen molar-refractivity contribution in [2.24, 2.45) is 0 Å². The molecule has 146 valence electrons. The Morgan fingerprint density at radius 2 is 2.22 bits per heavy atom. The molecule has 0 fully saturated rings. The first-order valence-corrected chi connectivity index (χ1v) is 9.76. The summed E-state index contributed by atoms with van der Waals surface area (Å²) in [5.41, 5.74) is 1.74. The first-order chi connectivity index (χ1) is 12.9. The van der Waals surface area contributed by atoms with Gasteiger partial charge in [-0.05, 0) is 53.1 Å². The van der Waals surface area contributed by atoms with Crippen LogP contribution in [0.25, 0.3) is 0 Å². The van der Waals surface area contributed by atoms with Crippen LogP contribution in [0.5, 0.6) is 5.75 Å². The van der Waals surface area contributed by atoms with Crippen LogP contribution in [0.15, 0.2) is 24.3 Å². The number of carboxylic acid groups (broad SMARTS) is 1. The molecule has 1 atom stereocenters. The molecule has 3 rings (SSSR count). The van der Waals surface area contributed by atoms with Crippen LogP contribution in [0.1, 0.15) is 36.5 Å². The lowest BCUT2D eigenvalue weighted by Crippen LogP contribution is -2.42. The number of hydrogen-bond donors (Lipinski definition) is 1. The summed E-state index contributed by atoms with van der Waals surface area (Å²) in [6.45, 7) is 0.152. The number of imidazole rings is 1. The zero-order valence-electron chi connectivity index (χ0n) is 14.7. The minimum absolute atomic E-state index is 0.106. The van der Waals surface area contributed by atoms with Crippen molar-refractivity contribution in [1.29, 1.82) is 0 Å². The molecule has 1 unspecified atom stereocenters. The van der Waals surface area contributed by atoms with E-state index in [9.17, 15) is 18.7 Å². The maximum atomic E-state index is 12.4. The second-order valence-electron chi connectivity index (χ2n) is 6.27. The van der Waals surface area contributed by atoms with Gasteiger partial charge in [0.05, 0.1) is 11.7 Å². The Balaban J connectivity index is 1.84. The fraction of sp³-hybridized carbons (Fsp3) is 0.444. The average molecular weight is 491 g/mol. The Kier molecular flexibility index (Phi) is 6.18. The lowest BCUT2D eigenvalue weighted by Gasteiger charge is -2.35. The van der Waals surface area contributed by atoms with Gasteiger partial charge in [0.15, 0.2) is 0 Å². The van der Waals surface area contributed by atoms with Crippen LogP contribution in [0, 0.1) is 3.70 Å². The number of benzene rings is 1. The Labute approximate surface area is 169 Å². The number of carbonyl (C=O) groups is 1. The number of hydrogen-bond acceptors (Lipinski definition) is 3. The summed E-state index contributed by atoms with van der Waals surface area (Å²) in [5.74, 6) is 1.06. The Hall–Kier alpha value is -1.91. The van der Waals surface area contributed by atoms with Crippen LogP contribution in [0.4, 0.5) is 13.6 Å². The summed E-state index contributed by atoms with van der Waals surface area (Å²) in [6.07, 6.45) is 0.895. The molecule has 0 saturated carbocycles. The predicted molar refractivity (Wildman–Crippen MR) is 103 cm³/mol. The van der Waals surface area contributed by atoms with Crippen LogP contribution in [-0.4, -0.2) is 38.8 Å². The second kappa shape index (κ2) is 8.41. The van der Waals surface area contributed by atoms with E-state index in [0.717, 1.165) is 27.2 Å². The second-order valence-corrected chi connectivity index (χ2v) is 7.29. The van der Waals surface area contributed by atoms with Crippen LogP contribution in [-0.2, 0) is 19.4 Å². The Morgan fingerprint density at radius 3 is 2.89 bits per heavy atom. The van der Waals surface area contributed by atoms with Crippen molar-refractivity contribution in [1.82, 2.24) is 14.5 Å². The van der Waals surface area contributed by atoms with Crippen LogP contribution >= 0.6 is 22.6 Å². The summed E-state index contributed by atoms with van der Waals surface area (Å²) in [4.78, 5) is 17.8. The molecule has 1 aromatic heterocycles. The largest absolute Gasteiger partial charge is 0.465 e. The molecular weight excluding hydrogens is 471 g/mol. The zero-order chi connectivity index (χ0) is 19.6. The van der Waals surface area contributed by atoms with Crippen molar-refractivity contribution >= 4 is 28.7 Å². The molecule has 0 bridgehead atoms. The van der Waals surface area contributed by atoms with E-state index in [1.54, 1.807) is 12.1 Å². The molecule has 1 aliphatic heterocycles. The van der Waals surface area contributed by atoms with Gasteiger partial charge in [0.2, 0.25) is 0 Å². The number of aryl methyl sites for hydroxylation is 2. The number of nitrogens with zero attached hydrogens (tertiary/aromatic N) is 3. The van der Waals surface area contributed by atoms with Crippen molar-refractivity contribution in [2.75, 3.05) is 6.54 Å². The third-order valence-corrected chi connectivity index (χ3v) is 5.48. The zero-order valence-corrected chi connectivity index (χ0v) is 16.9. The summed E-state index contributed by atoms with van der Waals surface area (Å²) in [6, 6.07) is 6.21. The molecule has 9 heteroatoms. The van der Waals surface area contributed by atoms with Crippen molar-refractivity contribution in [3.63, 3.8) is 0 Å². The quantitative estimate of drug-likeness (QED) is 0.612. The fourth-order valence-corrected chi connectivity index (χ4v) is 4.46. The third-order valence-electron chi connectivity index (χ3n) is 4.69. The van der Waals surface area contributed by atoms with Crippen molar-refractivity contribution < 1.29 is 23.4 Å². The Bertz CT molecular complexity index is 828. The third kappa shape index (κ3) is 4.33. The molecule has 0 aliphatic carbocycles. The highest BCUT2D eigenvalue weighted by molar-refractivity contribution is 14.1. The number of halogens is 3. The van der Waals surface area contributed by atoms with Gasteiger partial charge >= 0.3 is 12.7 Å². The predicted octanol–water partition coefficient (Wildman–Crippen LogP) is 4.32. The molecule has 6 nitrogen and oxygen atoms in total.